The van der Waals surface area contributed by atoms with Crippen molar-refractivity contribution in [1.29, 1.82) is 0 Å². The van der Waals surface area contributed by atoms with E-state index in [1.165, 1.54) is 12.8 Å². The Labute approximate surface area is 94.6 Å². The fraction of sp³-hybridized carbons (Fsp3) is 0.800. The van der Waals surface area contributed by atoms with Gasteiger partial charge in [0.2, 0.25) is 0 Å². The summed E-state index contributed by atoms with van der Waals surface area (Å²) in [5, 5.41) is 8.10. The van der Waals surface area contributed by atoms with Crippen LogP contribution in [0.4, 0.5) is 0 Å². The lowest BCUT2D eigenvalue weighted by Crippen LogP contribution is -2.24. The van der Waals surface area contributed by atoms with Crippen LogP contribution in [0.3, 0.4) is 0 Å². The Hall–Kier alpha value is -0.610. The highest BCUT2D eigenvalue weighted by atomic mass is 35.5. The summed E-state index contributed by atoms with van der Waals surface area (Å²) in [5.41, 5.74) is 0.959. The summed E-state index contributed by atoms with van der Waals surface area (Å²) in [6, 6.07) is 0. The minimum Gasteiger partial charge on any atom is -0.376 e. The Balaban J connectivity index is 1.86. The topological polar surface area (TPSA) is 39.9 Å². The highest BCUT2D eigenvalue weighted by Crippen LogP contribution is 2.14. The molecule has 0 aromatic carbocycles. The first kappa shape index (κ1) is 10.9. The zero-order chi connectivity index (χ0) is 10.5. The third kappa shape index (κ3) is 3.18. The normalized spacial score (nSPS) is 21.8. The maximum atomic E-state index is 5.64. The maximum absolute atomic E-state index is 5.64. The van der Waals surface area contributed by atoms with Crippen molar-refractivity contribution in [3.8, 4) is 0 Å². The van der Waals surface area contributed by atoms with Crippen LogP contribution in [-0.4, -0.2) is 33.6 Å². The van der Waals surface area contributed by atoms with Gasteiger partial charge in [-0.25, -0.2) is 4.68 Å². The van der Waals surface area contributed by atoms with E-state index in [1.54, 1.807) is 0 Å². The third-order valence-electron chi connectivity index (χ3n) is 2.60. The first-order valence-electron chi connectivity index (χ1n) is 5.45. The Morgan fingerprint density at radius 3 is 3.20 bits per heavy atom. The Kier molecular flexibility index (Phi) is 3.97. The summed E-state index contributed by atoms with van der Waals surface area (Å²) < 4.78 is 7.50. The molecule has 1 unspecified atom stereocenters. The molecule has 2 heterocycles. The molecule has 1 saturated heterocycles. The number of nitrogens with zero attached hydrogens (tertiary/aromatic N) is 3. The summed E-state index contributed by atoms with van der Waals surface area (Å²) in [6.45, 7) is 1.70. The molecule has 1 aliphatic rings. The van der Waals surface area contributed by atoms with E-state index >= 15 is 0 Å². The SMILES string of the molecule is ClCCc1cn(CC2CCCCO2)nn1. The Morgan fingerprint density at radius 2 is 2.47 bits per heavy atom. The summed E-state index contributed by atoms with van der Waals surface area (Å²) >= 11 is 5.64. The van der Waals surface area contributed by atoms with E-state index in [-0.39, 0.29) is 0 Å². The average molecular weight is 230 g/mol. The molecule has 0 radical (unpaired) electrons. The van der Waals surface area contributed by atoms with E-state index in [9.17, 15) is 0 Å². The molecule has 5 heteroatoms. The number of aromatic nitrogens is 3. The summed E-state index contributed by atoms with van der Waals surface area (Å²) in [6.07, 6.45) is 6.63. The lowest BCUT2D eigenvalue weighted by molar-refractivity contribution is 0.00370. The third-order valence-corrected chi connectivity index (χ3v) is 2.79. The second-order valence-corrected chi connectivity index (χ2v) is 4.24. The highest BCUT2D eigenvalue weighted by Gasteiger charge is 2.14. The van der Waals surface area contributed by atoms with Gasteiger partial charge in [-0.1, -0.05) is 5.21 Å². The van der Waals surface area contributed by atoms with Crippen molar-refractivity contribution < 1.29 is 4.74 Å². The first-order valence-corrected chi connectivity index (χ1v) is 5.98. The van der Waals surface area contributed by atoms with Gasteiger partial charge >= 0.3 is 0 Å². The number of halogens is 1. The zero-order valence-corrected chi connectivity index (χ0v) is 9.49. The quantitative estimate of drug-likeness (QED) is 0.737. The van der Waals surface area contributed by atoms with Gasteiger partial charge in [-0.15, -0.1) is 16.7 Å². The molecular weight excluding hydrogens is 214 g/mol. The van der Waals surface area contributed by atoms with E-state index in [1.807, 2.05) is 10.9 Å². The zero-order valence-electron chi connectivity index (χ0n) is 8.73. The smallest absolute Gasteiger partial charge is 0.0839 e. The molecule has 1 atom stereocenters. The number of alkyl halides is 1. The molecule has 0 aliphatic carbocycles. The lowest BCUT2D eigenvalue weighted by atomic mass is 10.1. The van der Waals surface area contributed by atoms with Crippen molar-refractivity contribution in [2.45, 2.75) is 38.3 Å². The molecule has 0 saturated carbocycles. The summed E-state index contributed by atoms with van der Waals surface area (Å²) in [7, 11) is 0. The highest BCUT2D eigenvalue weighted by molar-refractivity contribution is 6.17. The fourth-order valence-corrected chi connectivity index (χ4v) is 1.99. The van der Waals surface area contributed by atoms with Gasteiger partial charge < -0.3 is 4.74 Å². The van der Waals surface area contributed by atoms with E-state index in [4.69, 9.17) is 16.3 Å². The predicted molar refractivity (Wildman–Crippen MR) is 58.0 cm³/mol. The van der Waals surface area contributed by atoms with Gasteiger partial charge in [-0.3, -0.25) is 0 Å². The van der Waals surface area contributed by atoms with Gasteiger partial charge in [0.15, 0.2) is 0 Å². The monoisotopic (exact) mass is 229 g/mol. The van der Waals surface area contributed by atoms with Crippen LogP contribution in [0.2, 0.25) is 0 Å². The van der Waals surface area contributed by atoms with Crippen molar-refractivity contribution >= 4 is 11.6 Å². The molecule has 0 amide bonds. The molecule has 1 aliphatic heterocycles. The molecule has 0 bridgehead atoms. The van der Waals surface area contributed by atoms with Gasteiger partial charge in [-0.2, -0.15) is 0 Å². The number of hydrogen-bond donors (Lipinski definition) is 0. The fourth-order valence-electron chi connectivity index (χ4n) is 1.80. The number of ether oxygens (including phenoxy) is 1. The van der Waals surface area contributed by atoms with Crippen LogP contribution in [-0.2, 0) is 17.7 Å². The minimum absolute atomic E-state index is 0.310. The minimum atomic E-state index is 0.310. The van der Waals surface area contributed by atoms with Gasteiger partial charge in [0.1, 0.15) is 0 Å². The maximum Gasteiger partial charge on any atom is 0.0839 e. The molecule has 0 N–H and O–H groups in total. The second-order valence-electron chi connectivity index (χ2n) is 3.86. The van der Waals surface area contributed by atoms with Gasteiger partial charge in [0.25, 0.3) is 0 Å². The number of aryl methyl sites for hydroxylation is 1. The molecule has 1 fully saturated rings. The van der Waals surface area contributed by atoms with Crippen LogP contribution in [0.1, 0.15) is 25.0 Å². The van der Waals surface area contributed by atoms with E-state index in [0.29, 0.717) is 12.0 Å². The number of hydrogen-bond acceptors (Lipinski definition) is 3. The lowest BCUT2D eigenvalue weighted by Gasteiger charge is -2.21. The molecule has 15 heavy (non-hydrogen) atoms. The molecule has 4 nitrogen and oxygen atoms in total. The van der Waals surface area contributed by atoms with Crippen molar-refractivity contribution in [3.05, 3.63) is 11.9 Å². The van der Waals surface area contributed by atoms with Crippen LogP contribution >= 0.6 is 11.6 Å². The van der Waals surface area contributed by atoms with Crippen LogP contribution in [0.15, 0.2) is 6.20 Å². The van der Waals surface area contributed by atoms with Gasteiger partial charge in [0.05, 0.1) is 18.3 Å². The van der Waals surface area contributed by atoms with Gasteiger partial charge in [-0.05, 0) is 19.3 Å². The van der Waals surface area contributed by atoms with Crippen LogP contribution < -0.4 is 0 Å². The van der Waals surface area contributed by atoms with Crippen LogP contribution in [0.25, 0.3) is 0 Å². The van der Waals surface area contributed by atoms with Crippen molar-refractivity contribution in [2.75, 3.05) is 12.5 Å². The molecule has 0 spiro atoms. The summed E-state index contributed by atoms with van der Waals surface area (Å²) in [4.78, 5) is 0. The Morgan fingerprint density at radius 1 is 1.53 bits per heavy atom. The number of rotatable bonds is 4. The van der Waals surface area contributed by atoms with E-state index in [2.05, 4.69) is 10.3 Å². The van der Waals surface area contributed by atoms with Crippen LogP contribution in [0, 0.1) is 0 Å². The standard InChI is InChI=1S/C10H16ClN3O/c11-5-4-9-7-14(13-12-9)8-10-3-1-2-6-15-10/h7,10H,1-6,8H2. The predicted octanol–water partition coefficient (Wildman–Crippen LogP) is 1.63. The summed E-state index contributed by atoms with van der Waals surface area (Å²) in [5.74, 6) is 0.596. The Bertz CT molecular complexity index is 297. The molecule has 84 valence electrons. The van der Waals surface area contributed by atoms with Gasteiger partial charge in [0, 0.05) is 25.1 Å². The van der Waals surface area contributed by atoms with Crippen molar-refractivity contribution in [1.82, 2.24) is 15.0 Å². The van der Waals surface area contributed by atoms with Crippen LogP contribution in [0.5, 0.6) is 0 Å². The molecule has 1 aromatic rings. The van der Waals surface area contributed by atoms with E-state index in [0.717, 1.165) is 31.7 Å². The average Bonchev–Trinajstić information content (AvgIpc) is 2.68. The van der Waals surface area contributed by atoms with Crippen molar-refractivity contribution in [3.63, 3.8) is 0 Å². The molecular formula is C10H16ClN3O. The second kappa shape index (κ2) is 5.47. The first-order chi connectivity index (χ1) is 7.38. The molecule has 1 aromatic heterocycles. The van der Waals surface area contributed by atoms with E-state index < -0.39 is 0 Å². The van der Waals surface area contributed by atoms with Crippen molar-refractivity contribution in [2.24, 2.45) is 0 Å². The largest absolute Gasteiger partial charge is 0.376 e. The molecule has 2 rings (SSSR count).